The topological polar surface area (TPSA) is 0 Å². The Labute approximate surface area is 103 Å². The third-order valence-electron chi connectivity index (χ3n) is 2.92. The van der Waals surface area contributed by atoms with Crippen LogP contribution >= 0.6 is 12.6 Å². The number of aryl methyl sites for hydroxylation is 2. The van der Waals surface area contributed by atoms with Crippen molar-refractivity contribution in [2.24, 2.45) is 0 Å². The maximum Gasteiger partial charge on any atom is 0.00401 e. The summed E-state index contributed by atoms with van der Waals surface area (Å²) < 4.78 is 0. The second-order valence-corrected chi connectivity index (χ2v) is 4.78. The lowest BCUT2D eigenvalue weighted by molar-refractivity contribution is 1.16. The Bertz CT molecular complexity index is 483. The molecule has 1 heteroatoms. The third-order valence-corrected chi connectivity index (χ3v) is 3.21. The Morgan fingerprint density at radius 1 is 0.812 bits per heavy atom. The van der Waals surface area contributed by atoms with Gasteiger partial charge in [-0.1, -0.05) is 30.3 Å². The molecule has 82 valence electrons. The first kappa shape index (κ1) is 11.3. The average Bonchev–Trinajstić information content (AvgIpc) is 2.27. The number of hydrogen-bond acceptors (Lipinski definition) is 1. The van der Waals surface area contributed by atoms with Crippen LogP contribution in [0.1, 0.15) is 22.3 Å². The second kappa shape index (κ2) is 4.75. The maximum absolute atomic E-state index is 4.29. The van der Waals surface area contributed by atoms with Gasteiger partial charge in [-0.05, 0) is 54.7 Å². The number of hydrogen-bond donors (Lipinski definition) is 1. The van der Waals surface area contributed by atoms with Crippen LogP contribution in [0.15, 0.2) is 47.4 Å². The van der Waals surface area contributed by atoms with E-state index in [2.05, 4.69) is 56.8 Å². The van der Waals surface area contributed by atoms with Gasteiger partial charge in [-0.3, -0.25) is 0 Å². The monoisotopic (exact) mass is 228 g/mol. The van der Waals surface area contributed by atoms with Crippen molar-refractivity contribution >= 4 is 12.6 Å². The fraction of sp³-hybridized carbons (Fsp3) is 0.200. The SMILES string of the molecule is Cc1ccc(Cc2ccc(S)cc2)cc1C. The van der Waals surface area contributed by atoms with Gasteiger partial charge < -0.3 is 0 Å². The standard InChI is InChI=1S/C15H16S/c1-11-3-4-14(9-12(11)2)10-13-5-7-15(16)8-6-13/h3-9,16H,10H2,1-2H3. The molecule has 0 aliphatic carbocycles. The first-order valence-electron chi connectivity index (χ1n) is 5.49. The van der Waals surface area contributed by atoms with E-state index in [9.17, 15) is 0 Å². The zero-order valence-electron chi connectivity index (χ0n) is 9.70. The Balaban J connectivity index is 2.20. The predicted molar refractivity (Wildman–Crippen MR) is 72.4 cm³/mol. The largest absolute Gasteiger partial charge is 0.143 e. The van der Waals surface area contributed by atoms with Gasteiger partial charge in [0.2, 0.25) is 0 Å². The zero-order valence-corrected chi connectivity index (χ0v) is 10.6. The van der Waals surface area contributed by atoms with Gasteiger partial charge in [0.15, 0.2) is 0 Å². The molecule has 0 heterocycles. The molecule has 0 aliphatic rings. The highest BCUT2D eigenvalue weighted by Gasteiger charge is 1.98. The molecule has 0 radical (unpaired) electrons. The van der Waals surface area contributed by atoms with Gasteiger partial charge in [-0.25, -0.2) is 0 Å². The predicted octanol–water partition coefficient (Wildman–Crippen LogP) is 4.18. The van der Waals surface area contributed by atoms with Gasteiger partial charge in [0.05, 0.1) is 0 Å². The van der Waals surface area contributed by atoms with Gasteiger partial charge in [0.25, 0.3) is 0 Å². The van der Waals surface area contributed by atoms with Crippen LogP contribution in [0.2, 0.25) is 0 Å². The molecule has 2 aromatic carbocycles. The summed E-state index contributed by atoms with van der Waals surface area (Å²) in [6.45, 7) is 4.31. The molecule has 0 N–H and O–H groups in total. The van der Waals surface area contributed by atoms with E-state index in [1.54, 1.807) is 0 Å². The average molecular weight is 228 g/mol. The van der Waals surface area contributed by atoms with E-state index in [1.807, 2.05) is 12.1 Å². The fourth-order valence-electron chi connectivity index (χ4n) is 1.76. The van der Waals surface area contributed by atoms with Gasteiger partial charge in [-0.15, -0.1) is 12.6 Å². The van der Waals surface area contributed by atoms with Crippen molar-refractivity contribution in [1.82, 2.24) is 0 Å². The van der Waals surface area contributed by atoms with Crippen molar-refractivity contribution in [2.45, 2.75) is 25.2 Å². The molecule has 0 saturated carbocycles. The van der Waals surface area contributed by atoms with Crippen LogP contribution in [0.25, 0.3) is 0 Å². The summed E-state index contributed by atoms with van der Waals surface area (Å²) in [4.78, 5) is 1.02. The smallest absolute Gasteiger partial charge is 0.00401 e. The summed E-state index contributed by atoms with van der Waals surface area (Å²) in [5, 5.41) is 0. The van der Waals surface area contributed by atoms with Crippen LogP contribution in [-0.4, -0.2) is 0 Å². The van der Waals surface area contributed by atoms with Crippen LogP contribution in [-0.2, 0) is 6.42 Å². The normalized spacial score (nSPS) is 10.4. The van der Waals surface area contributed by atoms with Crippen LogP contribution in [0.5, 0.6) is 0 Å². The van der Waals surface area contributed by atoms with E-state index in [-0.39, 0.29) is 0 Å². The van der Waals surface area contributed by atoms with Crippen molar-refractivity contribution in [2.75, 3.05) is 0 Å². The highest BCUT2D eigenvalue weighted by Crippen LogP contribution is 2.15. The highest BCUT2D eigenvalue weighted by atomic mass is 32.1. The summed E-state index contributed by atoms with van der Waals surface area (Å²) in [5.74, 6) is 0. The quantitative estimate of drug-likeness (QED) is 0.732. The fourth-order valence-corrected chi connectivity index (χ4v) is 1.91. The van der Waals surface area contributed by atoms with E-state index < -0.39 is 0 Å². The van der Waals surface area contributed by atoms with Crippen LogP contribution in [0.3, 0.4) is 0 Å². The lowest BCUT2D eigenvalue weighted by Crippen LogP contribution is -1.90. The number of benzene rings is 2. The summed E-state index contributed by atoms with van der Waals surface area (Å²) >= 11 is 4.29. The Hall–Kier alpha value is -1.21. The highest BCUT2D eigenvalue weighted by molar-refractivity contribution is 7.80. The zero-order chi connectivity index (χ0) is 11.5. The van der Waals surface area contributed by atoms with Crippen LogP contribution in [0, 0.1) is 13.8 Å². The molecule has 0 atom stereocenters. The molecule has 0 spiro atoms. The van der Waals surface area contributed by atoms with Gasteiger partial charge in [0, 0.05) is 4.90 Å². The molecule has 0 aromatic heterocycles. The molecule has 0 saturated heterocycles. The van der Waals surface area contributed by atoms with Gasteiger partial charge in [-0.2, -0.15) is 0 Å². The second-order valence-electron chi connectivity index (χ2n) is 4.26. The minimum Gasteiger partial charge on any atom is -0.143 e. The van der Waals surface area contributed by atoms with Crippen LogP contribution < -0.4 is 0 Å². The molecule has 0 fully saturated rings. The van der Waals surface area contributed by atoms with E-state index in [4.69, 9.17) is 0 Å². The Morgan fingerprint density at radius 2 is 1.44 bits per heavy atom. The van der Waals surface area contributed by atoms with Crippen molar-refractivity contribution < 1.29 is 0 Å². The lowest BCUT2D eigenvalue weighted by Gasteiger charge is -2.05. The van der Waals surface area contributed by atoms with Gasteiger partial charge >= 0.3 is 0 Å². The molecule has 0 unspecified atom stereocenters. The minimum atomic E-state index is 0.995. The van der Waals surface area contributed by atoms with E-state index in [0.29, 0.717) is 0 Å². The van der Waals surface area contributed by atoms with Gasteiger partial charge in [0.1, 0.15) is 0 Å². The molecule has 0 bridgehead atoms. The molecule has 0 aliphatic heterocycles. The van der Waals surface area contributed by atoms with Crippen molar-refractivity contribution in [3.05, 3.63) is 64.7 Å². The maximum atomic E-state index is 4.29. The van der Waals surface area contributed by atoms with E-state index in [0.717, 1.165) is 11.3 Å². The molecule has 16 heavy (non-hydrogen) atoms. The third kappa shape index (κ3) is 2.67. The summed E-state index contributed by atoms with van der Waals surface area (Å²) in [6.07, 6.45) is 0.995. The van der Waals surface area contributed by atoms with E-state index in [1.165, 1.54) is 22.3 Å². The molecule has 0 nitrogen and oxygen atoms in total. The van der Waals surface area contributed by atoms with E-state index >= 15 is 0 Å². The van der Waals surface area contributed by atoms with Crippen molar-refractivity contribution in [3.63, 3.8) is 0 Å². The van der Waals surface area contributed by atoms with Crippen molar-refractivity contribution in [3.8, 4) is 0 Å². The number of rotatable bonds is 2. The molecular weight excluding hydrogens is 212 g/mol. The van der Waals surface area contributed by atoms with Crippen LogP contribution in [0.4, 0.5) is 0 Å². The lowest BCUT2D eigenvalue weighted by atomic mass is 10.0. The molecule has 0 amide bonds. The summed E-state index contributed by atoms with van der Waals surface area (Å²) in [6, 6.07) is 15.0. The first-order chi connectivity index (χ1) is 7.65. The molecule has 2 rings (SSSR count). The first-order valence-corrected chi connectivity index (χ1v) is 5.94. The summed E-state index contributed by atoms with van der Waals surface area (Å²) in [5.41, 5.74) is 5.42. The molecular formula is C15H16S. The Kier molecular flexibility index (Phi) is 3.35. The minimum absolute atomic E-state index is 0.995. The van der Waals surface area contributed by atoms with Crippen molar-refractivity contribution in [1.29, 1.82) is 0 Å². The Morgan fingerprint density at radius 3 is 2.06 bits per heavy atom. The molecule has 2 aromatic rings. The number of thiol groups is 1. The summed E-state index contributed by atoms with van der Waals surface area (Å²) in [7, 11) is 0.